The van der Waals surface area contributed by atoms with Crippen molar-refractivity contribution in [3.8, 4) is 0 Å². The summed E-state index contributed by atoms with van der Waals surface area (Å²) >= 11 is 11.2. The average molecular weight is 415 g/mol. The van der Waals surface area contributed by atoms with Gasteiger partial charge in [-0.25, -0.2) is 4.39 Å². The first kappa shape index (κ1) is 12.3. The highest BCUT2D eigenvalue weighted by molar-refractivity contribution is 14.1. The monoisotopic (exact) mass is 414 g/mol. The van der Waals surface area contributed by atoms with Crippen LogP contribution in [0.4, 0.5) is 4.39 Å². The number of benzene rings is 1. The lowest BCUT2D eigenvalue weighted by molar-refractivity contribution is 0.617. The fourth-order valence-corrected chi connectivity index (χ4v) is 2.42. The van der Waals surface area contributed by atoms with Gasteiger partial charge in [0.2, 0.25) is 0 Å². The highest BCUT2D eigenvalue weighted by Crippen LogP contribution is 2.19. The van der Waals surface area contributed by atoms with Gasteiger partial charge in [0.05, 0.1) is 11.6 Å². The molecular weight excluding hydrogens is 409 g/mol. The lowest BCUT2D eigenvalue weighted by Gasteiger charge is -2.02. The van der Waals surface area contributed by atoms with Crippen LogP contribution in [0.25, 0.3) is 0 Å². The Bertz CT molecular complexity index is 490. The predicted octanol–water partition coefficient (Wildman–Crippen LogP) is 4.09. The molecule has 0 saturated carbocycles. The lowest BCUT2D eigenvalue weighted by Crippen LogP contribution is -2.00. The molecule has 0 atom stereocenters. The number of nitrogens with zero attached hydrogens (tertiary/aromatic N) is 2. The Morgan fingerprint density at radius 3 is 2.75 bits per heavy atom. The molecule has 0 spiro atoms. The van der Waals surface area contributed by atoms with Gasteiger partial charge in [-0.3, -0.25) is 4.68 Å². The maximum Gasteiger partial charge on any atom is 0.141 e. The number of hydrogen-bond acceptors (Lipinski definition) is 1. The van der Waals surface area contributed by atoms with Crippen molar-refractivity contribution in [2.75, 3.05) is 0 Å². The lowest BCUT2D eigenvalue weighted by atomic mass is 10.2. The summed E-state index contributed by atoms with van der Waals surface area (Å²) < 4.78 is 16.3. The Labute approximate surface area is 119 Å². The van der Waals surface area contributed by atoms with Crippen LogP contribution >= 0.6 is 50.1 Å². The van der Waals surface area contributed by atoms with Crippen molar-refractivity contribution in [3.63, 3.8) is 0 Å². The van der Waals surface area contributed by atoms with E-state index >= 15 is 0 Å². The molecule has 0 aliphatic carbocycles. The van der Waals surface area contributed by atoms with Crippen LogP contribution in [0.1, 0.15) is 5.56 Å². The van der Waals surface area contributed by atoms with Gasteiger partial charge in [-0.1, -0.05) is 27.5 Å². The van der Waals surface area contributed by atoms with Crippen molar-refractivity contribution in [2.45, 2.75) is 6.54 Å². The third kappa shape index (κ3) is 2.95. The minimum atomic E-state index is -0.266. The molecular formula is C10H6BrClFIN2. The molecule has 1 aromatic carbocycles. The predicted molar refractivity (Wildman–Crippen MR) is 73.2 cm³/mol. The van der Waals surface area contributed by atoms with E-state index in [1.807, 2.05) is 6.07 Å². The fraction of sp³-hybridized carbons (Fsp3) is 0.100. The SMILES string of the molecule is Fc1cc(Br)cc(Cn2cc(Cl)c(I)n2)c1. The van der Waals surface area contributed by atoms with Crippen LogP contribution in [0.2, 0.25) is 5.02 Å². The van der Waals surface area contributed by atoms with Crippen molar-refractivity contribution in [1.29, 1.82) is 0 Å². The summed E-state index contributed by atoms with van der Waals surface area (Å²) in [5.74, 6) is -0.266. The molecule has 1 heterocycles. The van der Waals surface area contributed by atoms with Gasteiger partial charge in [-0.15, -0.1) is 0 Å². The Balaban J connectivity index is 2.26. The van der Waals surface area contributed by atoms with E-state index in [1.54, 1.807) is 10.9 Å². The minimum absolute atomic E-state index is 0.266. The smallest absolute Gasteiger partial charge is 0.141 e. The Hall–Kier alpha value is -0.140. The highest BCUT2D eigenvalue weighted by Gasteiger charge is 2.05. The summed E-state index contributed by atoms with van der Waals surface area (Å²) in [5, 5.41) is 4.81. The third-order valence-corrected chi connectivity index (χ3v) is 3.79. The second-order valence-electron chi connectivity index (χ2n) is 3.24. The number of halogens is 4. The molecule has 0 bridgehead atoms. The first-order valence-electron chi connectivity index (χ1n) is 4.38. The molecule has 0 fully saturated rings. The van der Waals surface area contributed by atoms with Gasteiger partial charge in [-0.05, 0) is 46.4 Å². The Morgan fingerprint density at radius 2 is 2.19 bits per heavy atom. The van der Waals surface area contributed by atoms with Crippen LogP contribution in [-0.2, 0) is 6.54 Å². The van der Waals surface area contributed by atoms with E-state index in [0.29, 0.717) is 11.6 Å². The van der Waals surface area contributed by atoms with Crippen LogP contribution in [0.5, 0.6) is 0 Å². The molecule has 2 nitrogen and oxygen atoms in total. The molecule has 16 heavy (non-hydrogen) atoms. The standard InChI is InChI=1S/C10H6BrClFIN2/c11-7-1-6(2-8(13)3-7)4-16-5-9(12)10(14)15-16/h1-3,5H,4H2. The zero-order chi connectivity index (χ0) is 11.7. The molecule has 2 aromatic rings. The van der Waals surface area contributed by atoms with Gasteiger partial charge in [-0.2, -0.15) is 5.10 Å². The summed E-state index contributed by atoms with van der Waals surface area (Å²) in [4.78, 5) is 0. The number of rotatable bonds is 2. The van der Waals surface area contributed by atoms with Crippen LogP contribution in [0.3, 0.4) is 0 Å². The molecule has 2 rings (SSSR count). The van der Waals surface area contributed by atoms with Crippen LogP contribution in [-0.4, -0.2) is 9.78 Å². The van der Waals surface area contributed by atoms with E-state index in [9.17, 15) is 4.39 Å². The maximum absolute atomic E-state index is 13.1. The van der Waals surface area contributed by atoms with E-state index in [2.05, 4.69) is 43.6 Å². The Morgan fingerprint density at radius 1 is 1.44 bits per heavy atom. The van der Waals surface area contributed by atoms with Gasteiger partial charge in [0, 0.05) is 10.7 Å². The van der Waals surface area contributed by atoms with Crippen molar-refractivity contribution in [3.05, 3.63) is 49.0 Å². The third-order valence-electron chi connectivity index (χ3n) is 1.94. The van der Waals surface area contributed by atoms with Crippen molar-refractivity contribution in [1.82, 2.24) is 9.78 Å². The molecule has 0 saturated heterocycles. The van der Waals surface area contributed by atoms with E-state index in [4.69, 9.17) is 11.6 Å². The molecule has 0 unspecified atom stereocenters. The topological polar surface area (TPSA) is 17.8 Å². The molecule has 0 aliphatic rings. The summed E-state index contributed by atoms with van der Waals surface area (Å²) in [6, 6.07) is 4.75. The first-order valence-corrected chi connectivity index (χ1v) is 6.63. The minimum Gasteiger partial charge on any atom is -0.266 e. The maximum atomic E-state index is 13.1. The summed E-state index contributed by atoms with van der Waals surface area (Å²) in [5.41, 5.74) is 0.836. The van der Waals surface area contributed by atoms with Crippen molar-refractivity contribution >= 4 is 50.1 Å². The summed E-state index contributed by atoms with van der Waals surface area (Å²) in [7, 11) is 0. The second-order valence-corrected chi connectivity index (χ2v) is 5.59. The van der Waals surface area contributed by atoms with Crippen LogP contribution < -0.4 is 0 Å². The van der Waals surface area contributed by atoms with E-state index < -0.39 is 0 Å². The quantitative estimate of drug-likeness (QED) is 0.676. The number of hydrogen-bond donors (Lipinski definition) is 0. The van der Waals surface area contributed by atoms with Crippen molar-refractivity contribution < 1.29 is 4.39 Å². The molecule has 84 valence electrons. The first-order chi connectivity index (χ1) is 7.54. The van der Waals surface area contributed by atoms with Gasteiger partial charge in [0.25, 0.3) is 0 Å². The summed E-state index contributed by atoms with van der Waals surface area (Å²) in [6.45, 7) is 0.499. The summed E-state index contributed by atoms with van der Waals surface area (Å²) in [6.07, 6.45) is 1.72. The highest BCUT2D eigenvalue weighted by atomic mass is 127. The molecule has 6 heteroatoms. The van der Waals surface area contributed by atoms with Crippen molar-refractivity contribution in [2.24, 2.45) is 0 Å². The largest absolute Gasteiger partial charge is 0.266 e. The molecule has 1 aromatic heterocycles. The second kappa shape index (κ2) is 5.01. The number of aromatic nitrogens is 2. The van der Waals surface area contributed by atoms with E-state index in [0.717, 1.165) is 13.7 Å². The van der Waals surface area contributed by atoms with E-state index in [-0.39, 0.29) is 5.82 Å². The zero-order valence-corrected chi connectivity index (χ0v) is 12.4. The van der Waals surface area contributed by atoms with Gasteiger partial charge in [0.1, 0.15) is 9.52 Å². The van der Waals surface area contributed by atoms with E-state index in [1.165, 1.54) is 12.1 Å². The molecule has 0 amide bonds. The average Bonchev–Trinajstić information content (AvgIpc) is 2.43. The van der Waals surface area contributed by atoms with Crippen LogP contribution in [0.15, 0.2) is 28.9 Å². The zero-order valence-electron chi connectivity index (χ0n) is 7.92. The van der Waals surface area contributed by atoms with Crippen LogP contribution in [0, 0.1) is 9.52 Å². The Kier molecular flexibility index (Phi) is 3.86. The van der Waals surface area contributed by atoms with Gasteiger partial charge >= 0.3 is 0 Å². The molecule has 0 aliphatic heterocycles. The fourth-order valence-electron chi connectivity index (χ4n) is 1.34. The molecule has 0 N–H and O–H groups in total. The normalized spacial score (nSPS) is 10.8. The van der Waals surface area contributed by atoms with Gasteiger partial charge < -0.3 is 0 Å². The molecule has 0 radical (unpaired) electrons. The van der Waals surface area contributed by atoms with Gasteiger partial charge in [0.15, 0.2) is 0 Å².